The number of hydrogen-bond donors (Lipinski definition) is 1. The van der Waals surface area contributed by atoms with Crippen molar-refractivity contribution in [2.24, 2.45) is 0 Å². The monoisotopic (exact) mass is 420 g/mol. The molecule has 1 N–H and O–H groups in total. The molecule has 0 saturated heterocycles. The normalized spacial score (nSPS) is 12.6. The maximum atomic E-state index is 13.4. The molecule has 3 heterocycles. The van der Waals surface area contributed by atoms with Gasteiger partial charge in [0.1, 0.15) is 23.9 Å². The van der Waals surface area contributed by atoms with E-state index in [0.29, 0.717) is 35.3 Å². The predicted octanol–water partition coefficient (Wildman–Crippen LogP) is 5.37. The zero-order valence-corrected chi connectivity index (χ0v) is 16.6. The van der Waals surface area contributed by atoms with Crippen molar-refractivity contribution in [1.29, 1.82) is 0 Å². The fraction of sp³-hybridized carbons (Fsp3) is 0.0870. The molecule has 4 aromatic rings. The maximum Gasteiger partial charge on any atom is 0.267 e. The second-order valence-electron chi connectivity index (χ2n) is 6.74. The van der Waals surface area contributed by atoms with Crippen LogP contribution in [0.1, 0.15) is 9.67 Å². The van der Waals surface area contributed by atoms with E-state index >= 15 is 0 Å². The molecule has 0 radical (unpaired) electrons. The Morgan fingerprint density at radius 3 is 2.50 bits per heavy atom. The molecular formula is C23H17FN2O3S. The van der Waals surface area contributed by atoms with Crippen molar-refractivity contribution in [2.45, 2.75) is 0 Å². The zero-order chi connectivity index (χ0) is 20.5. The summed E-state index contributed by atoms with van der Waals surface area (Å²) in [6.45, 7) is 0.994. The van der Waals surface area contributed by atoms with Crippen LogP contribution >= 0.6 is 11.3 Å². The van der Waals surface area contributed by atoms with Crippen LogP contribution in [-0.2, 0) is 0 Å². The lowest BCUT2D eigenvalue weighted by atomic mass is 10.1. The molecule has 2 aromatic heterocycles. The number of carbonyl (C=O) groups is 1. The van der Waals surface area contributed by atoms with E-state index in [9.17, 15) is 9.18 Å². The Kier molecular flexibility index (Phi) is 4.72. The van der Waals surface area contributed by atoms with E-state index in [0.717, 1.165) is 16.8 Å². The van der Waals surface area contributed by atoms with Gasteiger partial charge in [0.2, 0.25) is 0 Å². The Morgan fingerprint density at radius 2 is 1.73 bits per heavy atom. The predicted molar refractivity (Wildman–Crippen MR) is 114 cm³/mol. The van der Waals surface area contributed by atoms with Gasteiger partial charge in [0.25, 0.3) is 5.91 Å². The molecule has 0 aliphatic carbocycles. The largest absolute Gasteiger partial charge is 0.486 e. The molecule has 0 unspecified atom stereocenters. The second-order valence-corrected chi connectivity index (χ2v) is 7.62. The van der Waals surface area contributed by atoms with E-state index in [2.05, 4.69) is 5.32 Å². The van der Waals surface area contributed by atoms with Crippen LogP contribution in [0.25, 0.3) is 16.8 Å². The van der Waals surface area contributed by atoms with Crippen LogP contribution in [0, 0.1) is 5.82 Å². The number of halogens is 1. The van der Waals surface area contributed by atoms with Gasteiger partial charge in [-0.05, 0) is 42.0 Å². The Labute approximate surface area is 176 Å². The van der Waals surface area contributed by atoms with Crippen LogP contribution < -0.4 is 14.8 Å². The number of anilines is 1. The summed E-state index contributed by atoms with van der Waals surface area (Å²) in [7, 11) is 0. The van der Waals surface area contributed by atoms with Gasteiger partial charge in [-0.2, -0.15) is 0 Å². The van der Waals surface area contributed by atoms with Crippen molar-refractivity contribution in [2.75, 3.05) is 18.5 Å². The quantitative estimate of drug-likeness (QED) is 0.483. The molecule has 30 heavy (non-hydrogen) atoms. The van der Waals surface area contributed by atoms with Crippen LogP contribution in [0.15, 0.2) is 72.4 Å². The molecule has 7 heteroatoms. The van der Waals surface area contributed by atoms with E-state index in [-0.39, 0.29) is 11.7 Å². The van der Waals surface area contributed by atoms with Crippen LogP contribution in [0.4, 0.5) is 10.1 Å². The molecule has 150 valence electrons. The fourth-order valence-corrected chi connectivity index (χ4v) is 4.36. The van der Waals surface area contributed by atoms with Crippen LogP contribution in [-0.4, -0.2) is 23.7 Å². The number of fused-ring (bicyclic) bond motifs is 1. The number of ether oxygens (including phenoxy) is 2. The van der Waals surface area contributed by atoms with Gasteiger partial charge in [0.05, 0.1) is 5.69 Å². The van der Waals surface area contributed by atoms with Gasteiger partial charge in [-0.25, -0.2) is 4.39 Å². The average Bonchev–Trinajstić information content (AvgIpc) is 3.44. The van der Waals surface area contributed by atoms with Gasteiger partial charge in [-0.3, -0.25) is 4.79 Å². The number of amides is 1. The summed E-state index contributed by atoms with van der Waals surface area (Å²) in [4.78, 5) is 13.7. The standard InChI is InChI=1S/C23H17FN2O3S/c24-16-5-3-15(4-6-16)18-14-30-22(21(18)26-9-1-2-10-26)23(27)25-17-7-8-19-20(13-17)29-12-11-28-19/h1-10,13-14H,11-12H2,(H,25,27). The second kappa shape index (κ2) is 7.68. The minimum Gasteiger partial charge on any atom is -0.486 e. The van der Waals surface area contributed by atoms with E-state index < -0.39 is 0 Å². The molecule has 2 aromatic carbocycles. The highest BCUT2D eigenvalue weighted by Crippen LogP contribution is 2.37. The molecule has 0 atom stereocenters. The smallest absolute Gasteiger partial charge is 0.267 e. The minimum atomic E-state index is -0.298. The van der Waals surface area contributed by atoms with Gasteiger partial charge in [-0.1, -0.05) is 12.1 Å². The first kappa shape index (κ1) is 18.4. The molecule has 1 aliphatic rings. The van der Waals surface area contributed by atoms with Crippen molar-refractivity contribution in [1.82, 2.24) is 4.57 Å². The number of rotatable bonds is 4. The number of nitrogens with zero attached hydrogens (tertiary/aromatic N) is 1. The van der Waals surface area contributed by atoms with Crippen LogP contribution in [0.2, 0.25) is 0 Å². The average molecular weight is 420 g/mol. The molecule has 1 amide bonds. The first-order chi connectivity index (χ1) is 14.7. The third-order valence-electron chi connectivity index (χ3n) is 4.79. The summed E-state index contributed by atoms with van der Waals surface area (Å²) >= 11 is 1.35. The molecule has 0 saturated carbocycles. The summed E-state index contributed by atoms with van der Waals surface area (Å²) in [6.07, 6.45) is 3.77. The van der Waals surface area contributed by atoms with Crippen molar-refractivity contribution in [3.8, 4) is 28.3 Å². The van der Waals surface area contributed by atoms with E-state index in [1.807, 2.05) is 34.5 Å². The van der Waals surface area contributed by atoms with E-state index in [1.165, 1.54) is 23.5 Å². The topological polar surface area (TPSA) is 52.5 Å². The van der Waals surface area contributed by atoms with Crippen molar-refractivity contribution in [3.63, 3.8) is 0 Å². The number of aromatic nitrogens is 1. The van der Waals surface area contributed by atoms with Gasteiger partial charge in [0, 0.05) is 35.1 Å². The lowest BCUT2D eigenvalue weighted by molar-refractivity contribution is 0.103. The summed E-state index contributed by atoms with van der Waals surface area (Å²) in [6, 6.07) is 15.4. The molecule has 5 nitrogen and oxygen atoms in total. The SMILES string of the molecule is O=C(Nc1ccc2c(c1)OCCO2)c1scc(-c2ccc(F)cc2)c1-n1cccc1. The number of thiophene rings is 1. The molecule has 0 fully saturated rings. The third-order valence-corrected chi connectivity index (χ3v) is 5.76. The van der Waals surface area contributed by atoms with E-state index in [4.69, 9.17) is 9.47 Å². The Bertz CT molecular complexity index is 1200. The van der Waals surface area contributed by atoms with Gasteiger partial charge >= 0.3 is 0 Å². The van der Waals surface area contributed by atoms with Gasteiger partial charge < -0.3 is 19.4 Å². The summed E-state index contributed by atoms with van der Waals surface area (Å²) in [5.74, 6) is 0.756. The molecule has 5 rings (SSSR count). The highest BCUT2D eigenvalue weighted by atomic mass is 32.1. The van der Waals surface area contributed by atoms with Crippen LogP contribution in [0.3, 0.4) is 0 Å². The van der Waals surface area contributed by atoms with Crippen molar-refractivity contribution in [3.05, 3.63) is 83.1 Å². The zero-order valence-electron chi connectivity index (χ0n) is 15.8. The molecular weight excluding hydrogens is 403 g/mol. The number of benzene rings is 2. The first-order valence-electron chi connectivity index (χ1n) is 9.41. The Balaban J connectivity index is 1.51. The van der Waals surface area contributed by atoms with Gasteiger partial charge in [0.15, 0.2) is 11.5 Å². The minimum absolute atomic E-state index is 0.228. The number of hydrogen-bond acceptors (Lipinski definition) is 4. The van der Waals surface area contributed by atoms with Crippen LogP contribution in [0.5, 0.6) is 11.5 Å². The maximum absolute atomic E-state index is 13.4. The van der Waals surface area contributed by atoms with E-state index in [1.54, 1.807) is 30.3 Å². The molecule has 1 aliphatic heterocycles. The third kappa shape index (κ3) is 3.44. The summed E-state index contributed by atoms with van der Waals surface area (Å²) < 4.78 is 26.4. The highest BCUT2D eigenvalue weighted by molar-refractivity contribution is 7.13. The highest BCUT2D eigenvalue weighted by Gasteiger charge is 2.21. The van der Waals surface area contributed by atoms with Gasteiger partial charge in [-0.15, -0.1) is 11.3 Å². The Hall–Kier alpha value is -3.58. The molecule has 0 bridgehead atoms. The van der Waals surface area contributed by atoms with Crippen molar-refractivity contribution < 1.29 is 18.7 Å². The summed E-state index contributed by atoms with van der Waals surface area (Å²) in [5.41, 5.74) is 3.09. The number of nitrogens with one attached hydrogen (secondary N) is 1. The Morgan fingerprint density at radius 1 is 1.00 bits per heavy atom. The summed E-state index contributed by atoms with van der Waals surface area (Å²) in [5, 5.41) is 4.87. The molecule has 0 spiro atoms. The lowest BCUT2D eigenvalue weighted by Crippen LogP contribution is -2.16. The number of carbonyl (C=O) groups excluding carboxylic acids is 1. The fourth-order valence-electron chi connectivity index (χ4n) is 3.40. The lowest BCUT2D eigenvalue weighted by Gasteiger charge is -2.19. The first-order valence-corrected chi connectivity index (χ1v) is 10.3. The van der Waals surface area contributed by atoms with Crippen molar-refractivity contribution >= 4 is 22.9 Å².